The molecule has 0 amide bonds. The zero-order chi connectivity index (χ0) is 10.5. The van der Waals surface area contributed by atoms with Crippen molar-refractivity contribution in [3.63, 3.8) is 0 Å². The first-order valence-corrected chi connectivity index (χ1v) is 5.26. The van der Waals surface area contributed by atoms with Crippen molar-refractivity contribution in [1.29, 1.82) is 0 Å². The molecule has 1 aromatic heterocycles. The van der Waals surface area contributed by atoms with Gasteiger partial charge in [-0.05, 0) is 13.0 Å². The minimum Gasteiger partial charge on any atom is -0.377 e. The Balaban J connectivity index is 2.00. The molecule has 0 aromatic carbocycles. The Kier molecular flexibility index (Phi) is 3.52. The standard InChI is InChI=1S/C9H17N5O/c1-15-7-8-11-9(13-12-8)14-5-2-3-10-4-6-14/h10H,2-7H2,1H3,(H,11,12,13). The maximum absolute atomic E-state index is 4.99. The third kappa shape index (κ3) is 2.66. The number of ether oxygens (including phenoxy) is 1. The van der Waals surface area contributed by atoms with Crippen LogP contribution < -0.4 is 10.2 Å². The van der Waals surface area contributed by atoms with Crippen LogP contribution >= 0.6 is 0 Å². The molecule has 1 aromatic rings. The van der Waals surface area contributed by atoms with Crippen LogP contribution in [0.5, 0.6) is 0 Å². The summed E-state index contributed by atoms with van der Waals surface area (Å²) >= 11 is 0. The summed E-state index contributed by atoms with van der Waals surface area (Å²) in [5, 5.41) is 10.4. The number of rotatable bonds is 3. The van der Waals surface area contributed by atoms with Crippen LogP contribution in [-0.2, 0) is 11.3 Å². The van der Waals surface area contributed by atoms with E-state index in [4.69, 9.17) is 4.74 Å². The molecule has 1 saturated heterocycles. The quantitative estimate of drug-likeness (QED) is 0.722. The highest BCUT2D eigenvalue weighted by molar-refractivity contribution is 5.28. The van der Waals surface area contributed by atoms with E-state index in [1.807, 2.05) is 0 Å². The van der Waals surface area contributed by atoms with Crippen LogP contribution in [-0.4, -0.2) is 48.5 Å². The second-order valence-corrected chi connectivity index (χ2v) is 3.61. The van der Waals surface area contributed by atoms with Gasteiger partial charge >= 0.3 is 0 Å². The Morgan fingerprint density at radius 3 is 3.20 bits per heavy atom. The number of anilines is 1. The molecule has 15 heavy (non-hydrogen) atoms. The fraction of sp³-hybridized carbons (Fsp3) is 0.778. The summed E-state index contributed by atoms with van der Waals surface area (Å²) < 4.78 is 4.99. The van der Waals surface area contributed by atoms with E-state index in [1.165, 1.54) is 0 Å². The summed E-state index contributed by atoms with van der Waals surface area (Å²) in [7, 11) is 1.65. The van der Waals surface area contributed by atoms with Crippen molar-refractivity contribution >= 4 is 5.95 Å². The number of H-pyrrole nitrogens is 1. The lowest BCUT2D eigenvalue weighted by molar-refractivity contribution is 0.178. The van der Waals surface area contributed by atoms with Crippen molar-refractivity contribution in [3.05, 3.63) is 5.82 Å². The van der Waals surface area contributed by atoms with E-state index in [1.54, 1.807) is 7.11 Å². The molecular formula is C9H17N5O. The Hall–Kier alpha value is -1.14. The predicted molar refractivity (Wildman–Crippen MR) is 56.8 cm³/mol. The summed E-state index contributed by atoms with van der Waals surface area (Å²) in [6, 6.07) is 0. The molecule has 1 aliphatic heterocycles. The van der Waals surface area contributed by atoms with Crippen molar-refractivity contribution in [2.24, 2.45) is 0 Å². The van der Waals surface area contributed by atoms with Gasteiger partial charge in [0, 0.05) is 26.7 Å². The van der Waals surface area contributed by atoms with Gasteiger partial charge in [0.1, 0.15) is 6.61 Å². The molecule has 84 valence electrons. The van der Waals surface area contributed by atoms with Crippen LogP contribution in [0.3, 0.4) is 0 Å². The molecule has 6 nitrogen and oxygen atoms in total. The highest BCUT2D eigenvalue weighted by atomic mass is 16.5. The van der Waals surface area contributed by atoms with Crippen LogP contribution in [0.1, 0.15) is 12.2 Å². The van der Waals surface area contributed by atoms with Gasteiger partial charge in [-0.3, -0.25) is 5.10 Å². The Labute approximate surface area is 89.0 Å². The van der Waals surface area contributed by atoms with Crippen LogP contribution in [0.2, 0.25) is 0 Å². The van der Waals surface area contributed by atoms with E-state index >= 15 is 0 Å². The highest BCUT2D eigenvalue weighted by Gasteiger charge is 2.13. The van der Waals surface area contributed by atoms with Crippen LogP contribution in [0.4, 0.5) is 5.95 Å². The van der Waals surface area contributed by atoms with Crippen molar-refractivity contribution in [2.75, 3.05) is 38.2 Å². The monoisotopic (exact) mass is 211 g/mol. The average Bonchev–Trinajstić information content (AvgIpc) is 2.53. The number of aromatic amines is 1. The van der Waals surface area contributed by atoms with Crippen molar-refractivity contribution in [1.82, 2.24) is 20.5 Å². The number of methoxy groups -OCH3 is 1. The fourth-order valence-electron chi connectivity index (χ4n) is 1.67. The van der Waals surface area contributed by atoms with E-state index in [-0.39, 0.29) is 0 Å². The molecule has 0 saturated carbocycles. The topological polar surface area (TPSA) is 66.1 Å². The normalized spacial score (nSPS) is 17.8. The van der Waals surface area contributed by atoms with Gasteiger partial charge in [0.2, 0.25) is 5.95 Å². The number of aromatic nitrogens is 3. The van der Waals surface area contributed by atoms with E-state index in [0.29, 0.717) is 6.61 Å². The number of nitrogens with one attached hydrogen (secondary N) is 2. The molecule has 1 fully saturated rings. The summed E-state index contributed by atoms with van der Waals surface area (Å²) in [4.78, 5) is 6.56. The maximum Gasteiger partial charge on any atom is 0.244 e. The van der Waals surface area contributed by atoms with E-state index < -0.39 is 0 Å². The molecule has 2 heterocycles. The van der Waals surface area contributed by atoms with E-state index in [9.17, 15) is 0 Å². The second kappa shape index (κ2) is 5.09. The lowest BCUT2D eigenvalue weighted by atomic mass is 10.4. The molecule has 2 N–H and O–H groups in total. The third-order valence-electron chi connectivity index (χ3n) is 2.42. The zero-order valence-corrected chi connectivity index (χ0v) is 8.99. The molecule has 0 bridgehead atoms. The van der Waals surface area contributed by atoms with Gasteiger partial charge in [-0.1, -0.05) is 0 Å². The molecular weight excluding hydrogens is 194 g/mol. The van der Waals surface area contributed by atoms with Crippen LogP contribution in [0.15, 0.2) is 0 Å². The first-order valence-electron chi connectivity index (χ1n) is 5.26. The predicted octanol–water partition coefficient (Wildman–Crippen LogP) is -0.249. The van der Waals surface area contributed by atoms with Gasteiger partial charge in [0.05, 0.1) is 0 Å². The maximum atomic E-state index is 4.99. The first kappa shape index (κ1) is 10.4. The summed E-state index contributed by atoms with van der Waals surface area (Å²) in [5.41, 5.74) is 0. The molecule has 0 aliphatic carbocycles. The fourth-order valence-corrected chi connectivity index (χ4v) is 1.67. The van der Waals surface area contributed by atoms with Crippen molar-refractivity contribution in [3.8, 4) is 0 Å². The van der Waals surface area contributed by atoms with Gasteiger partial charge in [0.15, 0.2) is 5.82 Å². The van der Waals surface area contributed by atoms with E-state index in [0.717, 1.165) is 44.4 Å². The first-order chi connectivity index (χ1) is 7.40. The SMILES string of the molecule is COCc1nc(N2CCCNCC2)n[nH]1. The second-order valence-electron chi connectivity index (χ2n) is 3.61. The van der Waals surface area contributed by atoms with E-state index in [2.05, 4.69) is 25.4 Å². The van der Waals surface area contributed by atoms with Gasteiger partial charge in [-0.2, -0.15) is 4.98 Å². The molecule has 0 atom stereocenters. The zero-order valence-electron chi connectivity index (χ0n) is 8.99. The minimum absolute atomic E-state index is 0.485. The van der Waals surface area contributed by atoms with Crippen molar-refractivity contribution < 1.29 is 4.74 Å². The van der Waals surface area contributed by atoms with Crippen LogP contribution in [0, 0.1) is 0 Å². The smallest absolute Gasteiger partial charge is 0.244 e. The number of hydrogen-bond donors (Lipinski definition) is 2. The molecule has 1 aliphatic rings. The van der Waals surface area contributed by atoms with Gasteiger partial charge < -0.3 is 15.0 Å². The average molecular weight is 211 g/mol. The molecule has 0 radical (unpaired) electrons. The molecule has 6 heteroatoms. The Morgan fingerprint density at radius 1 is 1.40 bits per heavy atom. The lowest BCUT2D eigenvalue weighted by Crippen LogP contribution is -2.28. The van der Waals surface area contributed by atoms with Gasteiger partial charge in [-0.15, -0.1) is 5.10 Å². The van der Waals surface area contributed by atoms with Crippen LogP contribution in [0.25, 0.3) is 0 Å². The molecule has 0 spiro atoms. The summed E-state index contributed by atoms with van der Waals surface area (Å²) in [6.45, 7) is 4.53. The van der Waals surface area contributed by atoms with Gasteiger partial charge in [-0.25, -0.2) is 0 Å². The largest absolute Gasteiger partial charge is 0.377 e. The lowest BCUT2D eigenvalue weighted by Gasteiger charge is -2.16. The minimum atomic E-state index is 0.485. The third-order valence-corrected chi connectivity index (χ3v) is 2.42. The summed E-state index contributed by atoms with van der Waals surface area (Å²) in [5.74, 6) is 1.57. The van der Waals surface area contributed by atoms with Crippen molar-refractivity contribution in [2.45, 2.75) is 13.0 Å². The molecule has 0 unspecified atom stereocenters. The number of nitrogens with zero attached hydrogens (tertiary/aromatic N) is 3. The Bertz CT molecular complexity index is 292. The number of hydrogen-bond acceptors (Lipinski definition) is 5. The highest BCUT2D eigenvalue weighted by Crippen LogP contribution is 2.08. The summed E-state index contributed by atoms with van der Waals surface area (Å²) in [6.07, 6.45) is 1.13. The van der Waals surface area contributed by atoms with Gasteiger partial charge in [0.25, 0.3) is 0 Å². The molecule has 2 rings (SSSR count). The Morgan fingerprint density at radius 2 is 2.33 bits per heavy atom.